The van der Waals surface area contributed by atoms with E-state index in [0.717, 1.165) is 0 Å². The lowest BCUT2D eigenvalue weighted by molar-refractivity contribution is 0.314. The molecule has 8 heteroatoms. The van der Waals surface area contributed by atoms with Gasteiger partial charge in [0.15, 0.2) is 11.0 Å². The van der Waals surface area contributed by atoms with E-state index in [1.54, 1.807) is 0 Å². The monoisotopic (exact) mass is 186 g/mol. The molecule has 0 aromatic carbocycles. The van der Waals surface area contributed by atoms with Crippen LogP contribution in [-0.4, -0.2) is 20.3 Å². The Balaban J connectivity index is 2.73. The van der Waals surface area contributed by atoms with Crippen LogP contribution in [0.25, 0.3) is 11.3 Å². The summed E-state index contributed by atoms with van der Waals surface area (Å²) in [6.07, 6.45) is 0. The highest BCUT2D eigenvalue weighted by molar-refractivity contribution is 6.31. The summed E-state index contributed by atoms with van der Waals surface area (Å²) in [5.74, 6) is 5.33. The Morgan fingerprint density at radius 1 is 1.25 bits per heavy atom. The van der Waals surface area contributed by atoms with Crippen LogP contribution in [0.1, 0.15) is 0 Å². The van der Waals surface area contributed by atoms with E-state index in [1.165, 1.54) is 0 Å². The summed E-state index contributed by atoms with van der Waals surface area (Å²) in [6, 6.07) is 0. The first-order valence-corrected chi connectivity index (χ1v) is 3.31. The van der Waals surface area contributed by atoms with E-state index in [4.69, 9.17) is 17.4 Å². The summed E-state index contributed by atoms with van der Waals surface area (Å²) in [7, 11) is 0. The fraction of sp³-hybridized carbons (Fsp3) is 0. The van der Waals surface area contributed by atoms with Gasteiger partial charge >= 0.3 is 0 Å². The molecule has 0 spiro atoms. The zero-order valence-corrected chi connectivity index (χ0v) is 6.41. The van der Waals surface area contributed by atoms with Gasteiger partial charge in [-0.25, -0.2) is 20.4 Å². The fourth-order valence-electron chi connectivity index (χ4n) is 0.710. The summed E-state index contributed by atoms with van der Waals surface area (Å²) >= 11 is 5.63. The quantitative estimate of drug-likeness (QED) is 0.475. The molecule has 3 N–H and O–H groups in total. The van der Waals surface area contributed by atoms with Gasteiger partial charge in [0.05, 0.1) is 0 Å². The van der Waals surface area contributed by atoms with Gasteiger partial charge in [0.2, 0.25) is 11.3 Å². The maximum absolute atomic E-state index is 5.63. The van der Waals surface area contributed by atoms with E-state index >= 15 is 0 Å². The number of fused-ring (bicyclic) bond motifs is 1. The zero-order valence-electron chi connectivity index (χ0n) is 5.65. The van der Waals surface area contributed by atoms with Gasteiger partial charge in [-0.3, -0.25) is 0 Å². The lowest BCUT2D eigenvalue weighted by Crippen LogP contribution is -2.09. The van der Waals surface area contributed by atoms with Gasteiger partial charge in [-0.2, -0.15) is 0 Å². The lowest BCUT2D eigenvalue weighted by Gasteiger charge is -1.97. The van der Waals surface area contributed by atoms with Gasteiger partial charge in [0, 0.05) is 0 Å². The Morgan fingerprint density at radius 2 is 1.92 bits per heavy atom. The van der Waals surface area contributed by atoms with E-state index in [-0.39, 0.29) is 22.3 Å². The summed E-state index contributed by atoms with van der Waals surface area (Å²) < 4.78 is 4.37. The van der Waals surface area contributed by atoms with Crippen molar-refractivity contribution in [1.82, 2.24) is 20.3 Å². The van der Waals surface area contributed by atoms with Crippen LogP contribution < -0.4 is 11.3 Å². The average Bonchev–Trinajstić information content (AvgIpc) is 2.49. The van der Waals surface area contributed by atoms with Crippen molar-refractivity contribution in [1.29, 1.82) is 0 Å². The van der Waals surface area contributed by atoms with Gasteiger partial charge in [0.1, 0.15) is 0 Å². The molecule has 7 nitrogen and oxygen atoms in total. The predicted molar refractivity (Wildman–Crippen MR) is 40.2 cm³/mol. The van der Waals surface area contributed by atoms with Crippen LogP contribution >= 0.6 is 11.6 Å². The molecule has 62 valence electrons. The van der Waals surface area contributed by atoms with Crippen molar-refractivity contribution in [3.05, 3.63) is 5.15 Å². The van der Waals surface area contributed by atoms with Crippen molar-refractivity contribution in [3.8, 4) is 0 Å². The molecule has 0 amide bonds. The zero-order chi connectivity index (χ0) is 8.55. The van der Waals surface area contributed by atoms with Gasteiger partial charge in [0.25, 0.3) is 0 Å². The lowest BCUT2D eigenvalue weighted by atomic mass is 10.6. The first-order valence-electron chi connectivity index (χ1n) is 2.93. The molecule has 0 unspecified atom stereocenters. The highest BCUT2D eigenvalue weighted by Gasteiger charge is 2.08. The minimum atomic E-state index is 0.126. The number of anilines is 1. The third-order valence-electron chi connectivity index (χ3n) is 1.21. The third kappa shape index (κ3) is 0.953. The minimum Gasteiger partial charge on any atom is -0.306 e. The Kier molecular flexibility index (Phi) is 1.52. The Morgan fingerprint density at radius 3 is 2.58 bits per heavy atom. The van der Waals surface area contributed by atoms with E-state index < -0.39 is 0 Å². The molecule has 0 aliphatic carbocycles. The second kappa shape index (κ2) is 2.54. The number of nitrogens with zero attached hydrogens (tertiary/aromatic N) is 4. The summed E-state index contributed by atoms with van der Waals surface area (Å²) in [5, 5.41) is 7.02. The van der Waals surface area contributed by atoms with E-state index in [2.05, 4.69) is 30.3 Å². The molecule has 2 aromatic heterocycles. The Hall–Kier alpha value is -1.47. The molecule has 0 saturated heterocycles. The van der Waals surface area contributed by atoms with Crippen molar-refractivity contribution < 1.29 is 4.63 Å². The molecular formula is C4H3ClN6O. The predicted octanol–water partition coefficient (Wildman–Crippen LogP) is -0.0482. The maximum Gasteiger partial charge on any atom is 0.245 e. The molecule has 0 fully saturated rings. The smallest absolute Gasteiger partial charge is 0.245 e. The van der Waals surface area contributed by atoms with E-state index in [1.807, 2.05) is 0 Å². The van der Waals surface area contributed by atoms with Gasteiger partial charge in [-0.05, 0) is 10.3 Å². The van der Waals surface area contributed by atoms with Crippen LogP contribution in [0.3, 0.4) is 0 Å². The van der Waals surface area contributed by atoms with Gasteiger partial charge in [-0.1, -0.05) is 11.6 Å². The number of hydrogen-bond acceptors (Lipinski definition) is 7. The summed E-state index contributed by atoms with van der Waals surface area (Å²) in [5.41, 5.74) is 2.77. The number of aromatic nitrogens is 4. The maximum atomic E-state index is 5.63. The van der Waals surface area contributed by atoms with Crippen LogP contribution in [0.15, 0.2) is 4.63 Å². The molecule has 0 bridgehead atoms. The molecule has 0 saturated carbocycles. The number of rotatable bonds is 1. The van der Waals surface area contributed by atoms with Crippen LogP contribution in [0, 0.1) is 0 Å². The summed E-state index contributed by atoms with van der Waals surface area (Å²) in [4.78, 5) is 7.65. The molecule has 0 aliphatic heterocycles. The van der Waals surface area contributed by atoms with Crippen LogP contribution in [0.5, 0.6) is 0 Å². The molecule has 2 rings (SSSR count). The van der Waals surface area contributed by atoms with Crippen molar-refractivity contribution >= 4 is 28.7 Å². The number of halogens is 1. The highest BCUT2D eigenvalue weighted by Crippen LogP contribution is 2.17. The molecular weight excluding hydrogens is 184 g/mol. The second-order valence-electron chi connectivity index (χ2n) is 1.92. The third-order valence-corrected chi connectivity index (χ3v) is 1.47. The van der Waals surface area contributed by atoms with Crippen molar-refractivity contribution in [3.63, 3.8) is 0 Å². The first kappa shape index (κ1) is 7.19. The molecule has 2 aromatic rings. The number of nitrogen functional groups attached to an aromatic ring is 1. The molecule has 0 atom stereocenters. The normalized spacial score (nSPS) is 10.5. The first-order chi connectivity index (χ1) is 5.81. The van der Waals surface area contributed by atoms with Crippen molar-refractivity contribution in [2.75, 3.05) is 5.43 Å². The number of nitrogens with one attached hydrogen (secondary N) is 1. The van der Waals surface area contributed by atoms with Crippen LogP contribution in [-0.2, 0) is 0 Å². The largest absolute Gasteiger partial charge is 0.306 e. The van der Waals surface area contributed by atoms with Crippen LogP contribution in [0.2, 0.25) is 5.15 Å². The van der Waals surface area contributed by atoms with Gasteiger partial charge < -0.3 is 5.43 Å². The topological polar surface area (TPSA) is 103 Å². The SMILES string of the molecule is NNc1nc2nonc2nc1Cl. The van der Waals surface area contributed by atoms with Crippen molar-refractivity contribution in [2.24, 2.45) is 5.84 Å². The number of hydrogen-bond donors (Lipinski definition) is 2. The minimum absolute atomic E-state index is 0.126. The summed E-state index contributed by atoms with van der Waals surface area (Å²) in [6.45, 7) is 0. The fourth-order valence-corrected chi connectivity index (χ4v) is 0.887. The van der Waals surface area contributed by atoms with E-state index in [0.29, 0.717) is 0 Å². The number of nitrogens with two attached hydrogens (primary N) is 1. The van der Waals surface area contributed by atoms with Gasteiger partial charge in [-0.15, -0.1) is 0 Å². The number of hydrazine groups is 1. The Bertz CT molecular complexity index is 413. The molecule has 0 aliphatic rings. The molecule has 0 radical (unpaired) electrons. The highest BCUT2D eigenvalue weighted by atomic mass is 35.5. The Labute approximate surface area is 70.9 Å². The van der Waals surface area contributed by atoms with E-state index in [9.17, 15) is 0 Å². The molecule has 12 heavy (non-hydrogen) atoms. The standard InChI is InChI=1S/C4H3ClN6O/c5-1-2(9-6)8-4-3(7-1)10-12-11-4/h6H2,(H,8,9,11). The van der Waals surface area contributed by atoms with Crippen molar-refractivity contribution in [2.45, 2.75) is 0 Å². The average molecular weight is 187 g/mol. The van der Waals surface area contributed by atoms with Crippen LogP contribution in [0.4, 0.5) is 5.82 Å². The molecule has 2 heterocycles. The second-order valence-corrected chi connectivity index (χ2v) is 2.28.